The maximum atomic E-state index is 14.4. The second kappa shape index (κ2) is 10.5. The van der Waals surface area contributed by atoms with Crippen LogP contribution in [0.3, 0.4) is 0 Å². The minimum absolute atomic E-state index is 0.0147. The quantitative estimate of drug-likeness (QED) is 0.486. The molecule has 2 aliphatic heterocycles. The number of carbonyl (C=O) groups excluding carboxylic acids is 2. The van der Waals surface area contributed by atoms with Crippen LogP contribution in [0.4, 0.5) is 4.39 Å². The number of aliphatic hydroxyl groups is 1. The number of hydrogen-bond donors (Lipinski definition) is 3. The van der Waals surface area contributed by atoms with Crippen LogP contribution in [-0.4, -0.2) is 58.6 Å². The Kier molecular flexibility index (Phi) is 8.23. The van der Waals surface area contributed by atoms with E-state index in [1.807, 2.05) is 12.1 Å². The molecule has 0 aromatic rings. The van der Waals surface area contributed by atoms with Crippen LogP contribution in [0.25, 0.3) is 0 Å². The van der Waals surface area contributed by atoms with Crippen molar-refractivity contribution < 1.29 is 23.8 Å². The fourth-order valence-corrected chi connectivity index (χ4v) is 4.21. The first kappa shape index (κ1) is 24.4. The van der Waals surface area contributed by atoms with Crippen molar-refractivity contribution in [1.29, 1.82) is 10.5 Å². The van der Waals surface area contributed by atoms with Crippen LogP contribution in [0.5, 0.6) is 0 Å². The van der Waals surface area contributed by atoms with Crippen molar-refractivity contribution in [3.63, 3.8) is 0 Å². The van der Waals surface area contributed by atoms with Crippen LogP contribution in [0, 0.1) is 39.4 Å². The van der Waals surface area contributed by atoms with Gasteiger partial charge in [-0.25, -0.2) is 4.39 Å². The highest BCUT2D eigenvalue weighted by Crippen LogP contribution is 2.30. The fraction of sp³-hybridized carbons (Fsp3) is 0.714. The molecule has 2 heterocycles. The molecule has 0 aromatic heterocycles. The fourth-order valence-electron chi connectivity index (χ4n) is 4.21. The zero-order chi connectivity index (χ0) is 23.3. The van der Waals surface area contributed by atoms with Gasteiger partial charge in [-0.05, 0) is 26.7 Å². The van der Waals surface area contributed by atoms with Crippen molar-refractivity contribution in [2.75, 3.05) is 6.61 Å². The predicted molar refractivity (Wildman–Crippen MR) is 108 cm³/mol. The molecule has 0 radical (unpaired) electrons. The van der Waals surface area contributed by atoms with Crippen LogP contribution in [0.2, 0.25) is 0 Å². The molecule has 7 atom stereocenters. The van der Waals surface area contributed by atoms with Gasteiger partial charge in [-0.2, -0.15) is 10.5 Å². The zero-order valence-electron chi connectivity index (χ0n) is 18.0. The first-order valence-electron chi connectivity index (χ1n) is 10.4. The molecule has 6 unspecified atom stereocenters. The van der Waals surface area contributed by atoms with Crippen molar-refractivity contribution in [2.45, 2.75) is 76.8 Å². The molecule has 2 amide bonds. The third-order valence-electron chi connectivity index (χ3n) is 6.26. The maximum absolute atomic E-state index is 14.4. The van der Waals surface area contributed by atoms with Gasteiger partial charge in [0.25, 0.3) is 6.04 Å². The van der Waals surface area contributed by atoms with Gasteiger partial charge < -0.3 is 15.7 Å². The first-order chi connectivity index (χ1) is 14.6. The van der Waals surface area contributed by atoms with E-state index in [-0.39, 0.29) is 18.4 Å². The van der Waals surface area contributed by atoms with Crippen LogP contribution in [0.1, 0.15) is 46.5 Å². The Bertz CT molecular complexity index is 846. The molecule has 2 aliphatic rings. The topological polar surface area (TPSA) is 146 Å². The van der Waals surface area contributed by atoms with E-state index in [1.165, 1.54) is 6.92 Å². The molecule has 9 nitrogen and oxygen atoms in total. The number of halogens is 1. The molecular formula is C21H29FN5O4+. The number of nitroso groups, excluding NO2 is 1. The number of fused-ring (bicyclic) bond motifs is 1. The third-order valence-corrected chi connectivity index (χ3v) is 6.26. The summed E-state index contributed by atoms with van der Waals surface area (Å²) in [5.74, 6) is -2.27. The van der Waals surface area contributed by atoms with Gasteiger partial charge in [0.1, 0.15) is 12.2 Å². The van der Waals surface area contributed by atoms with Gasteiger partial charge in [-0.15, -0.1) is 0 Å². The summed E-state index contributed by atoms with van der Waals surface area (Å²) in [4.78, 5) is 37.7. The number of nitrogens with one attached hydrogen (secondary N) is 2. The highest BCUT2D eigenvalue weighted by atomic mass is 19.1. The van der Waals surface area contributed by atoms with Gasteiger partial charge in [0.2, 0.25) is 17.9 Å². The van der Waals surface area contributed by atoms with Crippen LogP contribution in [-0.2, 0) is 9.59 Å². The Balaban J connectivity index is 2.11. The largest absolute Gasteiger partial charge is 0.394 e. The number of nitrogens with zero attached hydrogens (tertiary/aromatic N) is 3. The standard InChI is InChI=1S/C21H28FN5O4/c1-11(8-23)6-16(22)13(3)18(10-28)25-19(29)7-15-12(2)20-17(26-21(15)30)5-4-14(9-24)27(20)31/h11,13-14,16-18,20,28H,4-7,10H2,1-3H3,(H-,25,26,29,30)/p+1/t11?,13?,14?,16?,17?,18-,20?/m1/s1. The molecule has 0 bridgehead atoms. The van der Waals surface area contributed by atoms with E-state index < -0.39 is 60.6 Å². The average Bonchev–Trinajstić information content (AvgIpc) is 2.74. The normalized spacial score (nSPS) is 27.1. The summed E-state index contributed by atoms with van der Waals surface area (Å²) in [5.41, 5.74) is 0.580. The number of hydrogen-bond acceptors (Lipinski definition) is 6. The predicted octanol–water partition coefficient (Wildman–Crippen LogP) is 1.03. The second-order valence-corrected chi connectivity index (χ2v) is 8.44. The third kappa shape index (κ3) is 5.45. The number of amides is 2. The van der Waals surface area contributed by atoms with Crippen molar-refractivity contribution in [2.24, 2.45) is 11.8 Å². The van der Waals surface area contributed by atoms with E-state index in [4.69, 9.17) is 10.5 Å². The summed E-state index contributed by atoms with van der Waals surface area (Å²) < 4.78 is 15.1. The smallest absolute Gasteiger partial charge is 0.286 e. The lowest BCUT2D eigenvalue weighted by molar-refractivity contribution is -0.613. The molecule has 0 aromatic carbocycles. The van der Waals surface area contributed by atoms with E-state index in [1.54, 1.807) is 13.8 Å². The van der Waals surface area contributed by atoms with E-state index in [2.05, 4.69) is 10.6 Å². The Morgan fingerprint density at radius 1 is 1.39 bits per heavy atom. The van der Waals surface area contributed by atoms with Crippen LogP contribution < -0.4 is 10.6 Å². The van der Waals surface area contributed by atoms with Crippen LogP contribution >= 0.6 is 0 Å². The summed E-state index contributed by atoms with van der Waals surface area (Å²) in [6.07, 6.45) is -0.895. The Hall–Kier alpha value is -2.85. The van der Waals surface area contributed by atoms with Gasteiger partial charge in [0, 0.05) is 39.1 Å². The molecule has 0 aliphatic carbocycles. The highest BCUT2D eigenvalue weighted by molar-refractivity contribution is 6.00. The molecule has 0 spiro atoms. The summed E-state index contributed by atoms with van der Waals surface area (Å²) in [7, 11) is 0. The molecule has 0 saturated carbocycles. The lowest BCUT2D eigenvalue weighted by Crippen LogP contribution is -2.58. The van der Waals surface area contributed by atoms with E-state index in [0.717, 1.165) is 0 Å². The number of alkyl halides is 1. The van der Waals surface area contributed by atoms with Crippen molar-refractivity contribution in [3.8, 4) is 12.1 Å². The van der Waals surface area contributed by atoms with Gasteiger partial charge in [0.05, 0.1) is 31.2 Å². The van der Waals surface area contributed by atoms with Crippen molar-refractivity contribution in [3.05, 3.63) is 16.1 Å². The molecule has 168 valence electrons. The van der Waals surface area contributed by atoms with E-state index >= 15 is 0 Å². The zero-order valence-corrected chi connectivity index (χ0v) is 18.0. The molecular weight excluding hydrogens is 405 g/mol. The lowest BCUT2D eigenvalue weighted by atomic mass is 9.83. The highest BCUT2D eigenvalue weighted by Gasteiger charge is 2.50. The summed E-state index contributed by atoms with van der Waals surface area (Å²) in [6.45, 7) is 4.24. The van der Waals surface area contributed by atoms with Crippen molar-refractivity contribution in [1.82, 2.24) is 10.6 Å². The van der Waals surface area contributed by atoms with Gasteiger partial charge in [-0.3, -0.25) is 9.59 Å². The van der Waals surface area contributed by atoms with E-state index in [0.29, 0.717) is 23.2 Å². The number of carbonyl (C=O) groups is 2. The number of rotatable bonds is 8. The molecule has 1 saturated heterocycles. The molecule has 3 N–H and O–H groups in total. The van der Waals surface area contributed by atoms with E-state index in [9.17, 15) is 24.0 Å². The van der Waals surface area contributed by atoms with Gasteiger partial charge >= 0.3 is 0 Å². The van der Waals surface area contributed by atoms with Crippen LogP contribution in [0.15, 0.2) is 11.1 Å². The summed E-state index contributed by atoms with van der Waals surface area (Å²) in [6, 6.07) is 1.10. The van der Waals surface area contributed by atoms with Gasteiger partial charge in [0.15, 0.2) is 0 Å². The molecule has 2 rings (SSSR count). The molecule has 10 heteroatoms. The Morgan fingerprint density at radius 2 is 2.06 bits per heavy atom. The Labute approximate surface area is 180 Å². The molecule has 31 heavy (non-hydrogen) atoms. The first-order valence-corrected chi connectivity index (χ1v) is 10.4. The minimum Gasteiger partial charge on any atom is -0.394 e. The summed E-state index contributed by atoms with van der Waals surface area (Å²) >= 11 is 0. The Morgan fingerprint density at radius 3 is 2.65 bits per heavy atom. The minimum atomic E-state index is -1.40. The number of nitriles is 2. The lowest BCUT2D eigenvalue weighted by Gasteiger charge is -2.33. The van der Waals surface area contributed by atoms with Gasteiger partial charge in [-0.1, -0.05) is 6.92 Å². The molecule has 1 fully saturated rings. The number of aliphatic hydroxyl groups excluding tert-OH is 1. The maximum Gasteiger partial charge on any atom is 0.286 e. The summed E-state index contributed by atoms with van der Waals surface area (Å²) in [5, 5.41) is 32.9. The van der Waals surface area contributed by atoms with Crippen molar-refractivity contribution >= 4 is 11.8 Å². The SMILES string of the molecule is CC1=C(CC(=O)N[C@H](CO)C(C)C(F)CC(C)C#N)C(=O)NC2CCC(C#N)[N+](=O)C12. The number of piperidine rings is 1. The average molecular weight is 434 g/mol. The second-order valence-electron chi connectivity index (χ2n) is 8.44. The monoisotopic (exact) mass is 434 g/mol.